The molecule has 2 aliphatic rings. The molecule has 3 N–H and O–H groups in total. The molecule has 4 rings (SSSR count). The molecule has 1 aromatic carbocycles. The van der Waals surface area contributed by atoms with Gasteiger partial charge < -0.3 is 15.0 Å². The second-order valence-corrected chi connectivity index (χ2v) is 6.29. The molecule has 1 saturated heterocycles. The molecule has 1 unspecified atom stereocenters. The van der Waals surface area contributed by atoms with Crippen LogP contribution in [0.4, 0.5) is 0 Å². The van der Waals surface area contributed by atoms with E-state index < -0.39 is 34.8 Å². The van der Waals surface area contributed by atoms with Crippen molar-refractivity contribution in [2.45, 2.75) is 25.4 Å². The largest absolute Gasteiger partial charge is 0.477 e. The lowest BCUT2D eigenvalue weighted by Gasteiger charge is -2.29. The van der Waals surface area contributed by atoms with Crippen LogP contribution in [0.1, 0.15) is 39.1 Å². The highest BCUT2D eigenvalue weighted by Crippen LogP contribution is 2.29. The average molecular weight is 355 g/mol. The summed E-state index contributed by atoms with van der Waals surface area (Å²) in [7, 11) is 0. The summed E-state index contributed by atoms with van der Waals surface area (Å²) in [5.41, 5.74) is 0.212. The molecule has 1 atom stereocenters. The van der Waals surface area contributed by atoms with Crippen molar-refractivity contribution in [2.24, 2.45) is 0 Å². The number of aromatic carboxylic acids is 1. The monoisotopic (exact) mass is 355 g/mol. The van der Waals surface area contributed by atoms with Gasteiger partial charge in [0.15, 0.2) is 0 Å². The molecule has 9 nitrogen and oxygen atoms in total. The van der Waals surface area contributed by atoms with E-state index in [4.69, 9.17) is 5.11 Å². The number of hydrogen-bond donors (Lipinski definition) is 3. The quantitative estimate of drug-likeness (QED) is 0.648. The number of carbonyl (C=O) groups is 4. The number of H-pyrrole nitrogens is 1. The number of benzene rings is 1. The highest BCUT2D eigenvalue weighted by Gasteiger charge is 2.39. The molecule has 9 heteroatoms. The number of nitrogens with zero attached hydrogens (tertiary/aromatic N) is 1. The third kappa shape index (κ3) is 2.28. The topological polar surface area (TPSA) is 137 Å². The number of hydrogen-bond acceptors (Lipinski definition) is 5. The predicted molar refractivity (Wildman–Crippen MR) is 87.6 cm³/mol. The Morgan fingerprint density at radius 1 is 1.19 bits per heavy atom. The van der Waals surface area contributed by atoms with Crippen LogP contribution in [-0.2, 0) is 16.1 Å². The SMILES string of the molecule is O=C1CCC(N2Cc3cc4[nH]cc(C(=O)O)c(=O)c4cc3C2=O)C(=O)N1. The summed E-state index contributed by atoms with van der Waals surface area (Å²) in [6.07, 6.45) is 1.51. The summed E-state index contributed by atoms with van der Waals surface area (Å²) in [5.74, 6) is -2.66. The number of pyridine rings is 1. The molecular formula is C17H13N3O6. The lowest BCUT2D eigenvalue weighted by molar-refractivity contribution is -0.136. The molecule has 26 heavy (non-hydrogen) atoms. The van der Waals surface area contributed by atoms with Crippen molar-refractivity contribution in [3.63, 3.8) is 0 Å². The van der Waals surface area contributed by atoms with Crippen LogP contribution in [0, 0.1) is 0 Å². The predicted octanol–water partition coefficient (Wildman–Crippen LogP) is -0.0127. The van der Waals surface area contributed by atoms with E-state index in [-0.39, 0.29) is 36.2 Å². The fourth-order valence-corrected chi connectivity index (χ4v) is 3.44. The van der Waals surface area contributed by atoms with Crippen LogP contribution in [0.5, 0.6) is 0 Å². The van der Waals surface area contributed by atoms with Gasteiger partial charge in [0.25, 0.3) is 5.91 Å². The molecule has 0 aliphatic carbocycles. The van der Waals surface area contributed by atoms with Gasteiger partial charge in [0, 0.05) is 35.6 Å². The number of rotatable bonds is 2. The molecule has 132 valence electrons. The Kier molecular flexibility index (Phi) is 3.39. The van der Waals surface area contributed by atoms with E-state index in [0.29, 0.717) is 11.1 Å². The zero-order valence-corrected chi connectivity index (χ0v) is 13.4. The van der Waals surface area contributed by atoms with E-state index >= 15 is 0 Å². The summed E-state index contributed by atoms with van der Waals surface area (Å²) < 4.78 is 0. The highest BCUT2D eigenvalue weighted by molar-refractivity contribution is 6.07. The van der Waals surface area contributed by atoms with Gasteiger partial charge in [-0.25, -0.2) is 4.79 Å². The molecule has 1 fully saturated rings. The summed E-state index contributed by atoms with van der Waals surface area (Å²) in [4.78, 5) is 63.6. The van der Waals surface area contributed by atoms with Crippen molar-refractivity contribution < 1.29 is 24.3 Å². The molecule has 1 aromatic heterocycles. The normalized spacial score (nSPS) is 19.6. The van der Waals surface area contributed by atoms with Gasteiger partial charge in [-0.3, -0.25) is 24.5 Å². The van der Waals surface area contributed by atoms with Crippen molar-refractivity contribution >= 4 is 34.6 Å². The minimum absolute atomic E-state index is 0.0992. The molecule has 3 amide bonds. The number of aromatic amines is 1. The summed E-state index contributed by atoms with van der Waals surface area (Å²) in [6.45, 7) is 0.180. The van der Waals surface area contributed by atoms with Crippen LogP contribution >= 0.6 is 0 Å². The van der Waals surface area contributed by atoms with E-state index in [0.717, 1.165) is 6.20 Å². The number of amides is 3. The maximum atomic E-state index is 12.7. The fraction of sp³-hybridized carbons (Fsp3) is 0.235. The van der Waals surface area contributed by atoms with Crippen molar-refractivity contribution in [3.05, 3.63) is 45.2 Å². The lowest BCUT2D eigenvalue weighted by Crippen LogP contribution is -2.52. The van der Waals surface area contributed by atoms with Crippen LogP contribution in [-0.4, -0.2) is 44.7 Å². The highest BCUT2D eigenvalue weighted by atomic mass is 16.4. The number of carboxylic acids is 1. The van der Waals surface area contributed by atoms with E-state index in [1.54, 1.807) is 6.07 Å². The van der Waals surface area contributed by atoms with Gasteiger partial charge in [0.1, 0.15) is 11.6 Å². The first kappa shape index (κ1) is 16.0. The Balaban J connectivity index is 1.77. The van der Waals surface area contributed by atoms with E-state index in [1.807, 2.05) is 0 Å². The average Bonchev–Trinajstić information content (AvgIpc) is 2.89. The Hall–Kier alpha value is -3.49. The molecule has 3 heterocycles. The van der Waals surface area contributed by atoms with Gasteiger partial charge in [-0.2, -0.15) is 0 Å². The summed E-state index contributed by atoms with van der Waals surface area (Å²) >= 11 is 0. The van der Waals surface area contributed by atoms with Gasteiger partial charge in [-0.15, -0.1) is 0 Å². The fourth-order valence-electron chi connectivity index (χ4n) is 3.44. The minimum atomic E-state index is -1.36. The minimum Gasteiger partial charge on any atom is -0.477 e. The van der Waals surface area contributed by atoms with Crippen molar-refractivity contribution in [3.8, 4) is 0 Å². The van der Waals surface area contributed by atoms with E-state index in [1.165, 1.54) is 11.0 Å². The first-order chi connectivity index (χ1) is 12.4. The Morgan fingerprint density at radius 3 is 2.65 bits per heavy atom. The second kappa shape index (κ2) is 5.51. The van der Waals surface area contributed by atoms with E-state index in [2.05, 4.69) is 10.3 Å². The molecule has 2 aromatic rings. The van der Waals surface area contributed by atoms with Crippen molar-refractivity contribution in [2.75, 3.05) is 0 Å². The van der Waals surface area contributed by atoms with Crippen LogP contribution in [0.3, 0.4) is 0 Å². The second-order valence-electron chi connectivity index (χ2n) is 6.29. The molecule has 0 bridgehead atoms. The van der Waals surface area contributed by atoms with E-state index in [9.17, 15) is 24.0 Å². The van der Waals surface area contributed by atoms with Crippen LogP contribution in [0.2, 0.25) is 0 Å². The number of imide groups is 1. The van der Waals surface area contributed by atoms with Gasteiger partial charge in [-0.05, 0) is 24.1 Å². The van der Waals surface area contributed by atoms with Crippen LogP contribution < -0.4 is 10.7 Å². The maximum absolute atomic E-state index is 12.7. The maximum Gasteiger partial charge on any atom is 0.341 e. The molecule has 2 aliphatic heterocycles. The summed E-state index contributed by atoms with van der Waals surface area (Å²) in [5, 5.41) is 11.4. The summed E-state index contributed by atoms with van der Waals surface area (Å²) in [6, 6.07) is 2.23. The van der Waals surface area contributed by atoms with Crippen LogP contribution in [0.15, 0.2) is 23.1 Å². The number of aromatic nitrogens is 1. The van der Waals surface area contributed by atoms with Crippen molar-refractivity contribution in [1.29, 1.82) is 0 Å². The molecular weight excluding hydrogens is 342 g/mol. The third-order valence-electron chi connectivity index (χ3n) is 4.75. The number of piperidine rings is 1. The lowest BCUT2D eigenvalue weighted by atomic mass is 10.0. The Labute approximate surface area is 145 Å². The Morgan fingerprint density at radius 2 is 1.96 bits per heavy atom. The van der Waals surface area contributed by atoms with Gasteiger partial charge in [0.05, 0.1) is 0 Å². The zero-order valence-electron chi connectivity index (χ0n) is 13.4. The van der Waals surface area contributed by atoms with Crippen molar-refractivity contribution in [1.82, 2.24) is 15.2 Å². The number of carboxylic acid groups (broad SMARTS) is 1. The molecule has 0 spiro atoms. The van der Waals surface area contributed by atoms with Gasteiger partial charge in [-0.1, -0.05) is 0 Å². The van der Waals surface area contributed by atoms with Gasteiger partial charge >= 0.3 is 5.97 Å². The number of fused-ring (bicyclic) bond motifs is 2. The smallest absolute Gasteiger partial charge is 0.341 e. The number of nitrogens with one attached hydrogen (secondary N) is 2. The standard InChI is InChI=1S/C17H13N3O6/c21-13-2-1-12(15(23)19-13)20-6-7-3-11-9(4-8(7)16(20)24)14(22)10(5-18-11)17(25)26/h3-5,12H,1-2,6H2,(H,18,22)(H,25,26)(H,19,21,23). The number of carbonyl (C=O) groups excluding carboxylic acids is 3. The van der Waals surface area contributed by atoms with Gasteiger partial charge in [0.2, 0.25) is 17.2 Å². The first-order valence-corrected chi connectivity index (χ1v) is 7.93. The van der Waals surface area contributed by atoms with Crippen LogP contribution in [0.25, 0.3) is 10.9 Å². The molecule has 0 saturated carbocycles. The molecule has 0 radical (unpaired) electrons. The Bertz CT molecular complexity index is 1070. The third-order valence-corrected chi connectivity index (χ3v) is 4.75. The first-order valence-electron chi connectivity index (χ1n) is 7.93. The zero-order chi connectivity index (χ0) is 18.6.